The molecule has 1 amide bonds. The monoisotopic (exact) mass is 331 g/mol. The van der Waals surface area contributed by atoms with Crippen LogP contribution in [0, 0.1) is 6.92 Å². The van der Waals surface area contributed by atoms with Crippen LogP contribution in [-0.2, 0) is 12.8 Å². The van der Waals surface area contributed by atoms with E-state index in [0.29, 0.717) is 18.3 Å². The Labute approximate surface area is 139 Å². The second-order valence-corrected chi connectivity index (χ2v) is 7.67. The molecule has 0 radical (unpaired) electrons. The Morgan fingerprint density at radius 1 is 1.35 bits per heavy atom. The van der Waals surface area contributed by atoms with Crippen LogP contribution < -0.4 is 0 Å². The molecule has 6 heteroatoms. The molecular formula is C17H21N3O2S. The molecule has 0 spiro atoms. The van der Waals surface area contributed by atoms with Gasteiger partial charge in [0.25, 0.3) is 5.91 Å². The summed E-state index contributed by atoms with van der Waals surface area (Å²) in [4.78, 5) is 21.5. The van der Waals surface area contributed by atoms with Gasteiger partial charge in [-0.2, -0.15) is 4.98 Å². The van der Waals surface area contributed by atoms with E-state index in [0.717, 1.165) is 37.1 Å². The van der Waals surface area contributed by atoms with Crippen molar-refractivity contribution in [1.82, 2.24) is 15.0 Å². The summed E-state index contributed by atoms with van der Waals surface area (Å²) in [6, 6.07) is 2.13. The van der Waals surface area contributed by atoms with Crippen LogP contribution >= 0.6 is 11.3 Å². The predicted octanol–water partition coefficient (Wildman–Crippen LogP) is 3.34. The molecule has 4 rings (SSSR count). The van der Waals surface area contributed by atoms with Gasteiger partial charge >= 0.3 is 0 Å². The molecule has 1 fully saturated rings. The first-order valence-electron chi connectivity index (χ1n) is 8.42. The average molecular weight is 331 g/mol. The minimum absolute atomic E-state index is 0.170. The number of rotatable bonds is 2. The van der Waals surface area contributed by atoms with Crippen LogP contribution in [0.3, 0.4) is 0 Å². The van der Waals surface area contributed by atoms with E-state index in [1.54, 1.807) is 11.3 Å². The highest BCUT2D eigenvalue weighted by Crippen LogP contribution is 2.32. The van der Waals surface area contributed by atoms with Crippen molar-refractivity contribution >= 4 is 17.2 Å². The van der Waals surface area contributed by atoms with Crippen molar-refractivity contribution in [2.24, 2.45) is 0 Å². The van der Waals surface area contributed by atoms with Crippen molar-refractivity contribution in [2.45, 2.75) is 51.4 Å². The van der Waals surface area contributed by atoms with Crippen LogP contribution in [-0.4, -0.2) is 34.0 Å². The molecule has 122 valence electrons. The number of piperidine rings is 1. The Bertz CT molecular complexity index is 698. The first-order valence-corrected chi connectivity index (χ1v) is 9.23. The number of aryl methyl sites for hydroxylation is 3. The fourth-order valence-electron chi connectivity index (χ4n) is 3.59. The van der Waals surface area contributed by atoms with Crippen LogP contribution in [0.4, 0.5) is 0 Å². The number of amides is 1. The maximum Gasteiger partial charge on any atom is 0.263 e. The number of aromatic nitrogens is 2. The number of thiophene rings is 1. The Balaban J connectivity index is 1.50. The quantitative estimate of drug-likeness (QED) is 0.847. The normalized spacial score (nSPS) is 21.3. The summed E-state index contributed by atoms with van der Waals surface area (Å²) in [6.07, 6.45) is 6.76. The lowest BCUT2D eigenvalue weighted by molar-refractivity contribution is 0.0700. The van der Waals surface area contributed by atoms with Gasteiger partial charge in [0.15, 0.2) is 5.82 Å². The zero-order valence-electron chi connectivity index (χ0n) is 13.4. The molecule has 0 bridgehead atoms. The highest BCUT2D eigenvalue weighted by Gasteiger charge is 2.30. The minimum Gasteiger partial charge on any atom is -0.339 e. The number of nitrogens with zero attached hydrogens (tertiary/aromatic N) is 3. The van der Waals surface area contributed by atoms with Crippen molar-refractivity contribution in [2.75, 3.05) is 13.1 Å². The molecule has 1 aliphatic carbocycles. The molecule has 1 atom stereocenters. The Hall–Kier alpha value is -1.69. The molecule has 0 N–H and O–H groups in total. The molecule has 0 aromatic carbocycles. The first-order chi connectivity index (χ1) is 11.2. The fourth-order valence-corrected chi connectivity index (χ4v) is 4.82. The van der Waals surface area contributed by atoms with Gasteiger partial charge in [0.1, 0.15) is 0 Å². The lowest BCUT2D eigenvalue weighted by atomic mass is 9.97. The second kappa shape index (κ2) is 6.07. The van der Waals surface area contributed by atoms with E-state index in [2.05, 4.69) is 16.2 Å². The van der Waals surface area contributed by atoms with Crippen molar-refractivity contribution in [1.29, 1.82) is 0 Å². The van der Waals surface area contributed by atoms with Crippen molar-refractivity contribution in [3.8, 4) is 0 Å². The zero-order chi connectivity index (χ0) is 15.8. The maximum atomic E-state index is 12.9. The van der Waals surface area contributed by atoms with Gasteiger partial charge in [-0.1, -0.05) is 5.16 Å². The maximum absolute atomic E-state index is 12.9. The standard InChI is InChI=1S/C17H21N3O2S/c1-11-18-16(22-19-11)13-6-4-8-20(10-13)17(21)15-9-12-5-2-3-7-14(12)23-15/h9,13H,2-8,10H2,1H3/t13-/m1/s1. The van der Waals surface area contributed by atoms with Gasteiger partial charge in [-0.15, -0.1) is 11.3 Å². The van der Waals surface area contributed by atoms with Gasteiger partial charge in [0.2, 0.25) is 5.89 Å². The molecule has 2 aromatic heterocycles. The van der Waals surface area contributed by atoms with Crippen LogP contribution in [0.2, 0.25) is 0 Å². The molecular weight excluding hydrogens is 310 g/mol. The molecule has 2 aromatic rings. The Kier molecular flexibility index (Phi) is 3.93. The summed E-state index contributed by atoms with van der Waals surface area (Å²) in [6.45, 7) is 3.34. The summed E-state index contributed by atoms with van der Waals surface area (Å²) in [5.74, 6) is 1.67. The summed E-state index contributed by atoms with van der Waals surface area (Å²) in [7, 11) is 0. The topological polar surface area (TPSA) is 59.2 Å². The molecule has 23 heavy (non-hydrogen) atoms. The van der Waals surface area contributed by atoms with Crippen molar-refractivity contribution < 1.29 is 9.32 Å². The van der Waals surface area contributed by atoms with Gasteiger partial charge in [-0.25, -0.2) is 0 Å². The number of fused-ring (bicyclic) bond motifs is 1. The van der Waals surface area contributed by atoms with Crippen LogP contribution in [0.5, 0.6) is 0 Å². The second-order valence-electron chi connectivity index (χ2n) is 6.54. The average Bonchev–Trinajstić information content (AvgIpc) is 3.20. The summed E-state index contributed by atoms with van der Waals surface area (Å²) < 4.78 is 5.31. The Morgan fingerprint density at radius 2 is 2.22 bits per heavy atom. The molecule has 0 saturated carbocycles. The third-order valence-corrected chi connectivity index (χ3v) is 6.03. The SMILES string of the molecule is Cc1noc([C@@H]2CCCN(C(=O)c3cc4c(s3)CCCC4)C2)n1. The molecule has 3 heterocycles. The number of hydrogen-bond acceptors (Lipinski definition) is 5. The number of likely N-dealkylation sites (tertiary alicyclic amines) is 1. The molecule has 1 aliphatic heterocycles. The number of carbonyl (C=O) groups is 1. The summed E-state index contributed by atoms with van der Waals surface area (Å²) in [5, 5.41) is 3.88. The van der Waals surface area contributed by atoms with E-state index in [1.807, 2.05) is 11.8 Å². The molecule has 2 aliphatic rings. The van der Waals surface area contributed by atoms with E-state index in [4.69, 9.17) is 4.52 Å². The van der Waals surface area contributed by atoms with Gasteiger partial charge < -0.3 is 9.42 Å². The highest BCUT2D eigenvalue weighted by atomic mass is 32.1. The van der Waals surface area contributed by atoms with E-state index >= 15 is 0 Å². The van der Waals surface area contributed by atoms with Crippen LogP contribution in [0.15, 0.2) is 10.6 Å². The smallest absolute Gasteiger partial charge is 0.263 e. The van der Waals surface area contributed by atoms with E-state index in [-0.39, 0.29) is 11.8 Å². The van der Waals surface area contributed by atoms with Crippen molar-refractivity contribution in [3.63, 3.8) is 0 Å². The van der Waals surface area contributed by atoms with E-state index < -0.39 is 0 Å². The van der Waals surface area contributed by atoms with E-state index in [9.17, 15) is 4.79 Å². The minimum atomic E-state index is 0.170. The zero-order valence-corrected chi connectivity index (χ0v) is 14.2. The third-order valence-electron chi connectivity index (χ3n) is 4.81. The van der Waals surface area contributed by atoms with E-state index in [1.165, 1.54) is 23.3 Å². The first kappa shape index (κ1) is 14.9. The number of carbonyl (C=O) groups excluding carboxylic acids is 1. The lowest BCUT2D eigenvalue weighted by Crippen LogP contribution is -2.38. The third kappa shape index (κ3) is 2.92. The number of hydrogen-bond donors (Lipinski definition) is 0. The highest BCUT2D eigenvalue weighted by molar-refractivity contribution is 7.14. The summed E-state index contributed by atoms with van der Waals surface area (Å²) >= 11 is 1.70. The molecule has 1 saturated heterocycles. The lowest BCUT2D eigenvalue weighted by Gasteiger charge is -2.30. The molecule has 5 nitrogen and oxygen atoms in total. The Morgan fingerprint density at radius 3 is 3.00 bits per heavy atom. The van der Waals surface area contributed by atoms with Gasteiger partial charge in [0.05, 0.1) is 10.8 Å². The van der Waals surface area contributed by atoms with Gasteiger partial charge in [-0.05, 0) is 57.1 Å². The summed E-state index contributed by atoms with van der Waals surface area (Å²) in [5.41, 5.74) is 1.39. The van der Waals surface area contributed by atoms with Crippen LogP contribution in [0.25, 0.3) is 0 Å². The van der Waals surface area contributed by atoms with Gasteiger partial charge in [0, 0.05) is 18.0 Å². The molecule has 0 unspecified atom stereocenters. The van der Waals surface area contributed by atoms with Crippen molar-refractivity contribution in [3.05, 3.63) is 33.1 Å². The van der Waals surface area contributed by atoms with Crippen LogP contribution in [0.1, 0.15) is 63.4 Å². The van der Waals surface area contributed by atoms with Gasteiger partial charge in [-0.3, -0.25) is 4.79 Å². The largest absolute Gasteiger partial charge is 0.339 e. The predicted molar refractivity (Wildman–Crippen MR) is 87.9 cm³/mol. The fraction of sp³-hybridized carbons (Fsp3) is 0.588.